The van der Waals surface area contributed by atoms with E-state index in [1.165, 1.54) is 0 Å². The summed E-state index contributed by atoms with van der Waals surface area (Å²) < 4.78 is 7.04. The first-order chi connectivity index (χ1) is 8.22. The van der Waals surface area contributed by atoms with Crippen molar-refractivity contribution < 1.29 is 9.53 Å². The highest BCUT2D eigenvalue weighted by atomic mass is 16.5. The number of fused-ring (bicyclic) bond motifs is 1. The molecule has 1 unspecified atom stereocenters. The van der Waals surface area contributed by atoms with Crippen LogP contribution >= 0.6 is 0 Å². The van der Waals surface area contributed by atoms with Crippen molar-refractivity contribution in [2.45, 2.75) is 26.2 Å². The van der Waals surface area contributed by atoms with Gasteiger partial charge in [0.2, 0.25) is 0 Å². The number of imidazole rings is 1. The molecule has 4 nitrogen and oxygen atoms in total. The first-order valence-electron chi connectivity index (χ1n) is 5.73. The summed E-state index contributed by atoms with van der Waals surface area (Å²) in [5.74, 6) is 0.949. The van der Waals surface area contributed by atoms with Gasteiger partial charge in [-0.25, -0.2) is 4.98 Å². The van der Waals surface area contributed by atoms with Crippen molar-refractivity contribution in [3.05, 3.63) is 29.7 Å². The lowest BCUT2D eigenvalue weighted by atomic mass is 10.0. The van der Waals surface area contributed by atoms with E-state index in [0.717, 1.165) is 18.4 Å². The highest BCUT2D eigenvalue weighted by Gasteiger charge is 2.17. The van der Waals surface area contributed by atoms with Gasteiger partial charge in [0.05, 0.1) is 12.8 Å². The van der Waals surface area contributed by atoms with Crippen LogP contribution in [0.5, 0.6) is 5.75 Å². The third-order valence-electron chi connectivity index (χ3n) is 3.09. The Kier molecular flexibility index (Phi) is 3.13. The highest BCUT2D eigenvalue weighted by molar-refractivity contribution is 5.78. The zero-order valence-corrected chi connectivity index (χ0v) is 10.3. The molecule has 4 heteroatoms. The molecule has 17 heavy (non-hydrogen) atoms. The standard InChI is InChI=1S/C13H16N2O2/c1-4-9(2)12-10(8-16)15-7-5-6-11(17-3)13(15)14-12/h5-9H,4H2,1-3H3. The molecular formula is C13H16N2O2. The third kappa shape index (κ3) is 1.79. The number of nitrogens with zero attached hydrogens (tertiary/aromatic N) is 2. The summed E-state index contributed by atoms with van der Waals surface area (Å²) in [4.78, 5) is 15.8. The summed E-state index contributed by atoms with van der Waals surface area (Å²) in [7, 11) is 1.60. The molecule has 0 aliphatic rings. The van der Waals surface area contributed by atoms with Crippen LogP contribution in [0.2, 0.25) is 0 Å². The van der Waals surface area contributed by atoms with Gasteiger partial charge in [-0.3, -0.25) is 9.20 Å². The van der Waals surface area contributed by atoms with Crippen molar-refractivity contribution in [3.8, 4) is 5.75 Å². The van der Waals surface area contributed by atoms with Crippen LogP contribution in [0.25, 0.3) is 5.65 Å². The maximum absolute atomic E-state index is 11.2. The first kappa shape index (κ1) is 11.6. The van der Waals surface area contributed by atoms with Crippen LogP contribution in [0.15, 0.2) is 18.3 Å². The topological polar surface area (TPSA) is 43.6 Å². The number of methoxy groups -OCH3 is 1. The fraction of sp³-hybridized carbons (Fsp3) is 0.385. The molecule has 0 N–H and O–H groups in total. The summed E-state index contributed by atoms with van der Waals surface area (Å²) in [6, 6.07) is 3.69. The Morgan fingerprint density at radius 3 is 2.94 bits per heavy atom. The van der Waals surface area contributed by atoms with Crippen molar-refractivity contribution in [3.63, 3.8) is 0 Å². The molecule has 0 radical (unpaired) electrons. The number of carbonyl (C=O) groups is 1. The molecule has 0 amide bonds. The lowest BCUT2D eigenvalue weighted by Crippen LogP contribution is -1.98. The second-order valence-electron chi connectivity index (χ2n) is 4.08. The molecule has 2 heterocycles. The molecule has 0 spiro atoms. The molecular weight excluding hydrogens is 216 g/mol. The van der Waals surface area contributed by atoms with Crippen LogP contribution in [-0.4, -0.2) is 22.8 Å². The Morgan fingerprint density at radius 1 is 1.59 bits per heavy atom. The SMILES string of the molecule is CCC(C)c1nc2c(OC)cccn2c1C=O. The number of hydrogen-bond acceptors (Lipinski definition) is 3. The fourth-order valence-corrected chi connectivity index (χ4v) is 1.91. The fourth-order valence-electron chi connectivity index (χ4n) is 1.91. The molecule has 0 bridgehead atoms. The molecule has 0 fully saturated rings. The number of carbonyl (C=O) groups excluding carboxylic acids is 1. The zero-order valence-electron chi connectivity index (χ0n) is 10.3. The summed E-state index contributed by atoms with van der Waals surface area (Å²) in [5, 5.41) is 0. The van der Waals surface area contributed by atoms with Gasteiger partial charge in [-0.15, -0.1) is 0 Å². The highest BCUT2D eigenvalue weighted by Crippen LogP contribution is 2.26. The largest absolute Gasteiger partial charge is 0.493 e. The van der Waals surface area contributed by atoms with Gasteiger partial charge in [0.1, 0.15) is 5.69 Å². The van der Waals surface area contributed by atoms with E-state index in [1.807, 2.05) is 18.3 Å². The van der Waals surface area contributed by atoms with Crippen molar-refractivity contribution >= 4 is 11.9 Å². The lowest BCUT2D eigenvalue weighted by Gasteiger charge is -2.04. The minimum absolute atomic E-state index is 0.264. The van der Waals surface area contributed by atoms with Gasteiger partial charge < -0.3 is 4.74 Å². The van der Waals surface area contributed by atoms with Gasteiger partial charge in [0.25, 0.3) is 0 Å². The van der Waals surface area contributed by atoms with E-state index >= 15 is 0 Å². The number of pyridine rings is 1. The Hall–Kier alpha value is -1.84. The lowest BCUT2D eigenvalue weighted by molar-refractivity contribution is 0.111. The molecule has 0 saturated carbocycles. The smallest absolute Gasteiger partial charge is 0.180 e. The summed E-state index contributed by atoms with van der Waals surface area (Å²) in [5.41, 5.74) is 2.16. The monoisotopic (exact) mass is 232 g/mol. The predicted octanol–water partition coefficient (Wildman–Crippen LogP) is 2.67. The Bertz CT molecular complexity index is 546. The summed E-state index contributed by atoms with van der Waals surface area (Å²) in [6.07, 6.45) is 3.65. The van der Waals surface area contributed by atoms with E-state index < -0.39 is 0 Å². The Balaban J connectivity index is 2.74. The molecule has 0 aliphatic heterocycles. The van der Waals surface area contributed by atoms with Crippen LogP contribution in [0.3, 0.4) is 0 Å². The average molecular weight is 232 g/mol. The summed E-state index contributed by atoms with van der Waals surface area (Å²) in [6.45, 7) is 4.15. The number of hydrogen-bond donors (Lipinski definition) is 0. The molecule has 0 aromatic carbocycles. The van der Waals surface area contributed by atoms with Gasteiger partial charge in [-0.2, -0.15) is 0 Å². The summed E-state index contributed by atoms with van der Waals surface area (Å²) >= 11 is 0. The van der Waals surface area contributed by atoms with Crippen LogP contribution in [0, 0.1) is 0 Å². The molecule has 2 rings (SSSR count). The van der Waals surface area contributed by atoms with Crippen LogP contribution in [0.4, 0.5) is 0 Å². The number of rotatable bonds is 4. The van der Waals surface area contributed by atoms with Gasteiger partial charge in [0.15, 0.2) is 17.7 Å². The second-order valence-corrected chi connectivity index (χ2v) is 4.08. The van der Waals surface area contributed by atoms with E-state index in [-0.39, 0.29) is 5.92 Å². The molecule has 0 saturated heterocycles. The molecule has 0 aliphatic carbocycles. The average Bonchev–Trinajstić information content (AvgIpc) is 2.75. The van der Waals surface area contributed by atoms with E-state index in [0.29, 0.717) is 17.1 Å². The maximum Gasteiger partial charge on any atom is 0.180 e. The van der Waals surface area contributed by atoms with Crippen molar-refractivity contribution in [1.29, 1.82) is 0 Å². The van der Waals surface area contributed by atoms with E-state index in [1.54, 1.807) is 11.5 Å². The van der Waals surface area contributed by atoms with Gasteiger partial charge in [-0.1, -0.05) is 13.8 Å². The predicted molar refractivity (Wildman–Crippen MR) is 65.8 cm³/mol. The van der Waals surface area contributed by atoms with Crippen molar-refractivity contribution in [2.24, 2.45) is 0 Å². The van der Waals surface area contributed by atoms with E-state index in [4.69, 9.17) is 4.74 Å². The van der Waals surface area contributed by atoms with E-state index in [9.17, 15) is 4.79 Å². The normalized spacial score (nSPS) is 12.6. The number of aldehydes is 1. The molecule has 90 valence electrons. The van der Waals surface area contributed by atoms with E-state index in [2.05, 4.69) is 18.8 Å². The van der Waals surface area contributed by atoms with Crippen molar-refractivity contribution in [1.82, 2.24) is 9.38 Å². The zero-order chi connectivity index (χ0) is 12.4. The molecule has 2 aromatic heterocycles. The second kappa shape index (κ2) is 4.57. The Labute approximate surface area is 100 Å². The minimum Gasteiger partial charge on any atom is -0.493 e. The number of ether oxygens (including phenoxy) is 1. The first-order valence-corrected chi connectivity index (χ1v) is 5.73. The third-order valence-corrected chi connectivity index (χ3v) is 3.09. The van der Waals surface area contributed by atoms with Crippen LogP contribution in [-0.2, 0) is 0 Å². The van der Waals surface area contributed by atoms with Gasteiger partial charge >= 0.3 is 0 Å². The molecule has 1 atom stereocenters. The van der Waals surface area contributed by atoms with Crippen molar-refractivity contribution in [2.75, 3.05) is 7.11 Å². The quantitative estimate of drug-likeness (QED) is 0.761. The van der Waals surface area contributed by atoms with Crippen LogP contribution < -0.4 is 4.74 Å². The molecule has 2 aromatic rings. The minimum atomic E-state index is 0.264. The maximum atomic E-state index is 11.2. The Morgan fingerprint density at radius 2 is 2.35 bits per heavy atom. The van der Waals surface area contributed by atoms with Gasteiger partial charge in [-0.05, 0) is 18.6 Å². The van der Waals surface area contributed by atoms with Crippen LogP contribution in [0.1, 0.15) is 42.4 Å². The number of aromatic nitrogens is 2. The van der Waals surface area contributed by atoms with Gasteiger partial charge in [0, 0.05) is 12.1 Å².